The first-order valence-electron chi connectivity index (χ1n) is 9.68. The number of halogens is 1. The SMILES string of the molecule is Brc1ccc(-c2cccc(-c3cc4c5c(cccc5n3)-c3ccccc3-4)c2)cc1. The van der Waals surface area contributed by atoms with Crippen molar-refractivity contribution in [3.63, 3.8) is 0 Å². The van der Waals surface area contributed by atoms with Gasteiger partial charge >= 0.3 is 0 Å². The highest BCUT2D eigenvalue weighted by atomic mass is 79.9. The van der Waals surface area contributed by atoms with Crippen molar-refractivity contribution >= 4 is 26.8 Å². The van der Waals surface area contributed by atoms with Crippen LogP contribution in [0.25, 0.3) is 55.5 Å². The lowest BCUT2D eigenvalue weighted by Gasteiger charge is -2.09. The molecule has 0 N–H and O–H groups in total. The molecule has 6 rings (SSSR count). The van der Waals surface area contributed by atoms with Gasteiger partial charge in [-0.1, -0.05) is 82.7 Å². The third-order valence-electron chi connectivity index (χ3n) is 5.68. The Labute approximate surface area is 177 Å². The molecule has 0 fully saturated rings. The molecule has 0 saturated heterocycles. The van der Waals surface area contributed by atoms with E-state index in [2.05, 4.69) is 113 Å². The lowest BCUT2D eigenvalue weighted by atomic mass is 9.99. The highest BCUT2D eigenvalue weighted by Gasteiger charge is 2.22. The molecule has 0 unspecified atom stereocenters. The van der Waals surface area contributed by atoms with E-state index in [9.17, 15) is 0 Å². The smallest absolute Gasteiger partial charge is 0.0722 e. The molecule has 0 saturated carbocycles. The highest BCUT2D eigenvalue weighted by Crippen LogP contribution is 2.47. The van der Waals surface area contributed by atoms with Crippen LogP contribution in [0.1, 0.15) is 0 Å². The van der Waals surface area contributed by atoms with E-state index < -0.39 is 0 Å². The molecule has 0 radical (unpaired) electrons. The molecule has 0 atom stereocenters. The third-order valence-corrected chi connectivity index (χ3v) is 6.21. The van der Waals surface area contributed by atoms with Crippen molar-refractivity contribution in [2.45, 2.75) is 0 Å². The average Bonchev–Trinajstić information content (AvgIpc) is 3.10. The second-order valence-corrected chi connectivity index (χ2v) is 8.30. The zero-order valence-electron chi connectivity index (χ0n) is 15.6. The van der Waals surface area contributed by atoms with Gasteiger partial charge in [0.2, 0.25) is 0 Å². The molecule has 0 spiro atoms. The van der Waals surface area contributed by atoms with Crippen LogP contribution in [0.3, 0.4) is 0 Å². The Morgan fingerprint density at radius 1 is 0.517 bits per heavy atom. The van der Waals surface area contributed by atoms with Crippen molar-refractivity contribution in [3.8, 4) is 44.6 Å². The van der Waals surface area contributed by atoms with Gasteiger partial charge in [0.1, 0.15) is 0 Å². The maximum Gasteiger partial charge on any atom is 0.0722 e. The molecule has 2 heteroatoms. The first-order valence-corrected chi connectivity index (χ1v) is 10.5. The lowest BCUT2D eigenvalue weighted by Crippen LogP contribution is -1.88. The molecular formula is C27H16BrN. The Kier molecular flexibility index (Phi) is 3.68. The van der Waals surface area contributed by atoms with Crippen LogP contribution in [0.2, 0.25) is 0 Å². The Morgan fingerprint density at radius 2 is 1.21 bits per heavy atom. The fourth-order valence-corrected chi connectivity index (χ4v) is 4.59. The summed E-state index contributed by atoms with van der Waals surface area (Å²) in [4.78, 5) is 5.03. The van der Waals surface area contributed by atoms with Crippen LogP contribution in [-0.4, -0.2) is 4.98 Å². The first-order chi connectivity index (χ1) is 14.3. The van der Waals surface area contributed by atoms with Crippen molar-refractivity contribution in [2.24, 2.45) is 0 Å². The minimum atomic E-state index is 1.01. The lowest BCUT2D eigenvalue weighted by molar-refractivity contribution is 1.40. The minimum absolute atomic E-state index is 1.01. The summed E-state index contributed by atoms with van der Waals surface area (Å²) in [5, 5.41) is 1.27. The fourth-order valence-electron chi connectivity index (χ4n) is 4.33. The summed E-state index contributed by atoms with van der Waals surface area (Å²) < 4.78 is 1.09. The largest absolute Gasteiger partial charge is 0.248 e. The summed E-state index contributed by atoms with van der Waals surface area (Å²) in [5.41, 5.74) is 10.8. The monoisotopic (exact) mass is 433 g/mol. The summed E-state index contributed by atoms with van der Waals surface area (Å²) in [6.45, 7) is 0. The van der Waals surface area contributed by atoms with E-state index in [0.717, 1.165) is 21.2 Å². The molecule has 29 heavy (non-hydrogen) atoms. The minimum Gasteiger partial charge on any atom is -0.248 e. The van der Waals surface area contributed by atoms with Crippen molar-refractivity contribution < 1.29 is 0 Å². The molecular weight excluding hydrogens is 418 g/mol. The Hall–Kier alpha value is -3.23. The molecule has 4 aromatic carbocycles. The summed E-state index contributed by atoms with van der Waals surface area (Å²) in [7, 11) is 0. The van der Waals surface area contributed by atoms with E-state index >= 15 is 0 Å². The summed E-state index contributed by atoms with van der Waals surface area (Å²) in [6, 6.07) is 34.4. The first kappa shape index (κ1) is 16.7. The topological polar surface area (TPSA) is 12.9 Å². The van der Waals surface area contributed by atoms with E-state index in [1.165, 1.54) is 38.8 Å². The summed E-state index contributed by atoms with van der Waals surface area (Å²) in [6.07, 6.45) is 0. The van der Waals surface area contributed by atoms with E-state index in [0.29, 0.717) is 0 Å². The predicted molar refractivity (Wildman–Crippen MR) is 125 cm³/mol. The molecule has 0 amide bonds. The van der Waals surface area contributed by atoms with Gasteiger partial charge in [0.25, 0.3) is 0 Å². The van der Waals surface area contributed by atoms with Gasteiger partial charge in [-0.05, 0) is 63.7 Å². The van der Waals surface area contributed by atoms with Crippen molar-refractivity contribution in [1.29, 1.82) is 0 Å². The number of hydrogen-bond donors (Lipinski definition) is 0. The van der Waals surface area contributed by atoms with Crippen LogP contribution in [0, 0.1) is 0 Å². The van der Waals surface area contributed by atoms with E-state index in [-0.39, 0.29) is 0 Å². The summed E-state index contributed by atoms with van der Waals surface area (Å²) in [5.74, 6) is 0. The molecule has 1 aliphatic carbocycles. The van der Waals surface area contributed by atoms with Gasteiger partial charge in [0, 0.05) is 15.4 Å². The highest BCUT2D eigenvalue weighted by molar-refractivity contribution is 9.10. The zero-order chi connectivity index (χ0) is 19.4. The van der Waals surface area contributed by atoms with Crippen molar-refractivity contribution in [2.75, 3.05) is 0 Å². The summed E-state index contributed by atoms with van der Waals surface area (Å²) >= 11 is 3.52. The number of rotatable bonds is 2. The molecule has 0 bridgehead atoms. The molecule has 1 aromatic heterocycles. The van der Waals surface area contributed by atoms with Gasteiger partial charge in [0.15, 0.2) is 0 Å². The van der Waals surface area contributed by atoms with Crippen molar-refractivity contribution in [3.05, 3.63) is 102 Å². The Bertz CT molecular complexity index is 1400. The predicted octanol–water partition coefficient (Wildman–Crippen LogP) is 7.98. The normalized spacial score (nSPS) is 11.6. The van der Waals surface area contributed by atoms with Crippen molar-refractivity contribution in [1.82, 2.24) is 4.98 Å². The van der Waals surface area contributed by atoms with E-state index in [1.54, 1.807) is 0 Å². The van der Waals surface area contributed by atoms with Crippen LogP contribution < -0.4 is 0 Å². The number of hydrogen-bond acceptors (Lipinski definition) is 1. The zero-order valence-corrected chi connectivity index (χ0v) is 17.1. The molecule has 136 valence electrons. The van der Waals surface area contributed by atoms with Crippen LogP contribution in [0.4, 0.5) is 0 Å². The number of aromatic nitrogens is 1. The van der Waals surface area contributed by atoms with Gasteiger partial charge in [-0.15, -0.1) is 0 Å². The molecule has 1 nitrogen and oxygen atoms in total. The Balaban J connectivity index is 1.55. The van der Waals surface area contributed by atoms with Gasteiger partial charge in [0.05, 0.1) is 11.2 Å². The van der Waals surface area contributed by atoms with E-state index in [1.807, 2.05) is 0 Å². The number of fused-ring (bicyclic) bond motifs is 3. The molecule has 0 aliphatic heterocycles. The molecule has 5 aromatic rings. The second-order valence-electron chi connectivity index (χ2n) is 7.39. The number of benzene rings is 4. The standard InChI is InChI=1S/C27H16BrN/c28-20-13-11-17(12-14-20)18-5-3-6-19(15-18)26-16-24-22-8-2-1-7-21(22)23-9-4-10-25(29-26)27(23)24/h1-16H. The molecule has 1 aliphatic rings. The van der Waals surface area contributed by atoms with Gasteiger partial charge < -0.3 is 0 Å². The third kappa shape index (κ3) is 2.64. The maximum absolute atomic E-state index is 5.03. The van der Waals surface area contributed by atoms with Gasteiger partial charge in [-0.2, -0.15) is 0 Å². The average molecular weight is 434 g/mol. The van der Waals surface area contributed by atoms with E-state index in [4.69, 9.17) is 4.98 Å². The quantitative estimate of drug-likeness (QED) is 0.269. The van der Waals surface area contributed by atoms with Crippen LogP contribution in [-0.2, 0) is 0 Å². The Morgan fingerprint density at radius 3 is 2.03 bits per heavy atom. The van der Waals surface area contributed by atoms with Crippen LogP contribution in [0.15, 0.2) is 102 Å². The van der Waals surface area contributed by atoms with Crippen LogP contribution in [0.5, 0.6) is 0 Å². The van der Waals surface area contributed by atoms with Crippen LogP contribution >= 0.6 is 15.9 Å². The second kappa shape index (κ2) is 6.40. The maximum atomic E-state index is 5.03. The van der Waals surface area contributed by atoms with Gasteiger partial charge in [-0.3, -0.25) is 0 Å². The molecule has 1 heterocycles. The fraction of sp³-hybridized carbons (Fsp3) is 0. The number of pyridine rings is 1. The van der Waals surface area contributed by atoms with Gasteiger partial charge in [-0.25, -0.2) is 4.98 Å². The number of nitrogens with zero attached hydrogens (tertiary/aromatic N) is 1.